The first-order valence-electron chi connectivity index (χ1n) is 3.59. The molecule has 2 N–H and O–H groups in total. The number of pyridine rings is 1. The van der Waals surface area contributed by atoms with Gasteiger partial charge in [-0.2, -0.15) is 0 Å². The smallest absolute Gasteiger partial charge is 0.325 e. The average molecular weight is 166 g/mol. The highest BCUT2D eigenvalue weighted by molar-refractivity contribution is 5.76. The molecular weight excluding hydrogens is 156 g/mol. The first-order chi connectivity index (χ1) is 5.70. The Labute approximate surface area is 70.3 Å². The predicted octanol–water partition coefficient (Wildman–Crippen LogP) is 0.967. The number of nitrogens with zero attached hydrogens (tertiary/aromatic N) is 1. The lowest BCUT2D eigenvalue weighted by atomic mass is 10.3. The highest BCUT2D eigenvalue weighted by Crippen LogP contribution is 2.04. The fourth-order valence-corrected chi connectivity index (χ4v) is 0.760. The van der Waals surface area contributed by atoms with E-state index < -0.39 is 12.0 Å². The lowest BCUT2D eigenvalue weighted by Gasteiger charge is -2.09. The van der Waals surface area contributed by atoms with Gasteiger partial charge in [-0.05, 0) is 19.1 Å². The average Bonchev–Trinajstić information content (AvgIpc) is 2.06. The molecule has 0 fully saturated rings. The molecule has 0 saturated carbocycles. The molecule has 0 aliphatic heterocycles. The van der Waals surface area contributed by atoms with Gasteiger partial charge >= 0.3 is 5.97 Å². The number of anilines is 1. The van der Waals surface area contributed by atoms with E-state index in [1.54, 1.807) is 31.5 Å². The minimum absolute atomic E-state index is 0.576. The van der Waals surface area contributed by atoms with Gasteiger partial charge in [-0.15, -0.1) is 0 Å². The molecule has 0 aromatic carbocycles. The van der Waals surface area contributed by atoms with Gasteiger partial charge in [0.15, 0.2) is 0 Å². The number of carboxylic acids is 1. The Morgan fingerprint density at radius 3 is 2.67 bits per heavy atom. The molecule has 0 saturated heterocycles. The molecule has 4 nitrogen and oxygen atoms in total. The molecule has 0 radical (unpaired) electrons. The van der Waals surface area contributed by atoms with Gasteiger partial charge < -0.3 is 10.4 Å². The number of hydrogen-bond acceptors (Lipinski definition) is 3. The monoisotopic (exact) mass is 166 g/mol. The second-order valence-corrected chi connectivity index (χ2v) is 2.44. The van der Waals surface area contributed by atoms with Crippen molar-refractivity contribution in [2.75, 3.05) is 5.32 Å². The summed E-state index contributed by atoms with van der Waals surface area (Å²) in [6.45, 7) is 1.59. The van der Waals surface area contributed by atoms with E-state index in [-0.39, 0.29) is 0 Å². The predicted molar refractivity (Wildman–Crippen MR) is 45.0 cm³/mol. The Hall–Kier alpha value is -1.58. The van der Waals surface area contributed by atoms with Crippen molar-refractivity contribution in [2.45, 2.75) is 13.0 Å². The summed E-state index contributed by atoms with van der Waals surface area (Å²) in [7, 11) is 0. The Morgan fingerprint density at radius 2 is 2.17 bits per heavy atom. The molecule has 12 heavy (non-hydrogen) atoms. The highest BCUT2D eigenvalue weighted by atomic mass is 16.4. The van der Waals surface area contributed by atoms with Crippen molar-refractivity contribution in [3.8, 4) is 0 Å². The molecule has 0 aliphatic rings. The van der Waals surface area contributed by atoms with E-state index in [0.717, 1.165) is 5.69 Å². The van der Waals surface area contributed by atoms with Gasteiger partial charge in [0.05, 0.1) is 0 Å². The molecule has 1 aromatic heterocycles. The van der Waals surface area contributed by atoms with Crippen LogP contribution in [0.25, 0.3) is 0 Å². The van der Waals surface area contributed by atoms with Crippen LogP contribution in [0.2, 0.25) is 0 Å². The highest BCUT2D eigenvalue weighted by Gasteiger charge is 2.08. The van der Waals surface area contributed by atoms with E-state index >= 15 is 0 Å². The third-order valence-electron chi connectivity index (χ3n) is 1.43. The third-order valence-corrected chi connectivity index (χ3v) is 1.43. The van der Waals surface area contributed by atoms with Crippen molar-refractivity contribution in [2.24, 2.45) is 0 Å². The van der Waals surface area contributed by atoms with E-state index in [4.69, 9.17) is 5.11 Å². The quantitative estimate of drug-likeness (QED) is 0.702. The molecule has 0 spiro atoms. The fraction of sp³-hybridized carbons (Fsp3) is 0.250. The SMILES string of the molecule is C[C@@H](Nc1ccncc1)C(=O)O. The van der Waals surface area contributed by atoms with E-state index in [0.29, 0.717) is 0 Å². The van der Waals surface area contributed by atoms with Crippen molar-refractivity contribution in [3.05, 3.63) is 24.5 Å². The van der Waals surface area contributed by atoms with Gasteiger partial charge in [0.2, 0.25) is 0 Å². The molecule has 0 unspecified atom stereocenters. The zero-order valence-electron chi connectivity index (χ0n) is 6.69. The molecule has 4 heteroatoms. The molecule has 1 atom stereocenters. The summed E-state index contributed by atoms with van der Waals surface area (Å²) in [6, 6.07) is 2.87. The van der Waals surface area contributed by atoms with Crippen molar-refractivity contribution >= 4 is 11.7 Å². The van der Waals surface area contributed by atoms with Crippen LogP contribution in [0.1, 0.15) is 6.92 Å². The van der Waals surface area contributed by atoms with Gasteiger partial charge in [-0.25, -0.2) is 0 Å². The maximum atomic E-state index is 10.4. The normalized spacial score (nSPS) is 12.1. The molecular formula is C8H10N2O2. The largest absolute Gasteiger partial charge is 0.480 e. The van der Waals surface area contributed by atoms with E-state index in [2.05, 4.69) is 10.3 Å². The first kappa shape index (κ1) is 8.52. The van der Waals surface area contributed by atoms with Crippen LogP contribution in [0, 0.1) is 0 Å². The maximum Gasteiger partial charge on any atom is 0.325 e. The van der Waals surface area contributed by atoms with Crippen LogP contribution in [-0.2, 0) is 4.79 Å². The molecule has 1 rings (SSSR count). The zero-order chi connectivity index (χ0) is 8.97. The standard InChI is InChI=1S/C8H10N2O2/c1-6(8(11)12)10-7-2-4-9-5-3-7/h2-6H,1H3,(H,9,10)(H,11,12)/t6-/m1/s1. The summed E-state index contributed by atoms with van der Waals surface area (Å²) in [5, 5.41) is 11.4. The molecule has 0 bridgehead atoms. The van der Waals surface area contributed by atoms with Crippen LogP contribution in [0.4, 0.5) is 5.69 Å². The summed E-state index contributed by atoms with van der Waals surface area (Å²) in [5.74, 6) is -0.869. The van der Waals surface area contributed by atoms with Crippen molar-refractivity contribution in [1.29, 1.82) is 0 Å². The number of carbonyl (C=O) groups is 1. The minimum atomic E-state index is -0.869. The molecule has 0 aliphatic carbocycles. The van der Waals surface area contributed by atoms with Crippen LogP contribution in [0.3, 0.4) is 0 Å². The van der Waals surface area contributed by atoms with E-state index in [9.17, 15) is 4.79 Å². The number of nitrogens with one attached hydrogen (secondary N) is 1. The van der Waals surface area contributed by atoms with E-state index in [1.807, 2.05) is 0 Å². The van der Waals surface area contributed by atoms with Gasteiger partial charge in [0.25, 0.3) is 0 Å². The Bertz CT molecular complexity index is 261. The van der Waals surface area contributed by atoms with Gasteiger partial charge in [-0.1, -0.05) is 0 Å². The van der Waals surface area contributed by atoms with Crippen molar-refractivity contribution < 1.29 is 9.90 Å². The number of aliphatic carboxylic acids is 1. The third kappa shape index (κ3) is 2.23. The molecule has 64 valence electrons. The van der Waals surface area contributed by atoms with Crippen LogP contribution in [0.15, 0.2) is 24.5 Å². The Kier molecular flexibility index (Phi) is 2.63. The summed E-state index contributed by atoms with van der Waals surface area (Å²) >= 11 is 0. The maximum absolute atomic E-state index is 10.4. The Balaban J connectivity index is 2.58. The molecule has 1 heterocycles. The number of rotatable bonds is 3. The summed E-state index contributed by atoms with van der Waals surface area (Å²) in [4.78, 5) is 14.2. The number of aromatic nitrogens is 1. The van der Waals surface area contributed by atoms with Crippen molar-refractivity contribution in [1.82, 2.24) is 4.98 Å². The lowest BCUT2D eigenvalue weighted by Crippen LogP contribution is -2.25. The first-order valence-corrected chi connectivity index (χ1v) is 3.59. The number of carboxylic acid groups (broad SMARTS) is 1. The van der Waals surface area contributed by atoms with Gasteiger partial charge in [-0.3, -0.25) is 9.78 Å². The van der Waals surface area contributed by atoms with Gasteiger partial charge in [0.1, 0.15) is 6.04 Å². The van der Waals surface area contributed by atoms with E-state index in [1.165, 1.54) is 0 Å². The summed E-state index contributed by atoms with van der Waals surface area (Å²) in [6.07, 6.45) is 3.22. The van der Waals surface area contributed by atoms with Crippen LogP contribution in [0.5, 0.6) is 0 Å². The van der Waals surface area contributed by atoms with Gasteiger partial charge in [0, 0.05) is 18.1 Å². The van der Waals surface area contributed by atoms with Crippen LogP contribution < -0.4 is 5.32 Å². The van der Waals surface area contributed by atoms with Crippen LogP contribution in [-0.4, -0.2) is 22.1 Å². The van der Waals surface area contributed by atoms with Crippen LogP contribution >= 0.6 is 0 Å². The molecule has 1 aromatic rings. The number of hydrogen-bond donors (Lipinski definition) is 2. The Morgan fingerprint density at radius 1 is 1.58 bits per heavy atom. The minimum Gasteiger partial charge on any atom is -0.480 e. The topological polar surface area (TPSA) is 62.2 Å². The fourth-order valence-electron chi connectivity index (χ4n) is 0.760. The van der Waals surface area contributed by atoms with Crippen molar-refractivity contribution in [3.63, 3.8) is 0 Å². The zero-order valence-corrected chi connectivity index (χ0v) is 6.69. The lowest BCUT2D eigenvalue weighted by molar-refractivity contribution is -0.137. The second-order valence-electron chi connectivity index (χ2n) is 2.44. The summed E-state index contributed by atoms with van der Waals surface area (Å²) in [5.41, 5.74) is 0.764. The molecule has 0 amide bonds. The summed E-state index contributed by atoms with van der Waals surface area (Å²) < 4.78 is 0. The second kappa shape index (κ2) is 3.71.